The highest BCUT2D eigenvalue weighted by Gasteiger charge is 2.51. The molecule has 0 aliphatic heterocycles. The Balaban J connectivity index is 0.000000355. The molecule has 22 heteroatoms. The summed E-state index contributed by atoms with van der Waals surface area (Å²) < 4.78 is 240. The molecule has 0 unspecified atom stereocenters. The van der Waals surface area contributed by atoms with Crippen molar-refractivity contribution < 1.29 is 91.5 Å². The molecule has 0 amide bonds. The van der Waals surface area contributed by atoms with Gasteiger partial charge in [-0.15, -0.1) is 21.9 Å². The van der Waals surface area contributed by atoms with Crippen LogP contribution in [0.2, 0.25) is 20.1 Å². The van der Waals surface area contributed by atoms with Crippen LogP contribution in [0, 0.1) is 104 Å². The number of benzene rings is 6. The van der Waals surface area contributed by atoms with E-state index in [1.54, 1.807) is 3.57 Å². The summed E-state index contributed by atoms with van der Waals surface area (Å²) in [6.07, 6.45) is -6.24. The van der Waals surface area contributed by atoms with Crippen LogP contribution in [-0.4, -0.2) is 6.15 Å². The van der Waals surface area contributed by atoms with Crippen molar-refractivity contribution >= 4 is 74.4 Å². The second-order valence-corrected chi connectivity index (χ2v) is 19.4. The van der Waals surface area contributed by atoms with Gasteiger partial charge in [0.1, 0.15) is 29.4 Å². The second-order valence-electron chi connectivity index (χ2n) is 13.5. The van der Waals surface area contributed by atoms with Gasteiger partial charge in [0.15, 0.2) is 76.8 Å². The number of aryl methyl sites for hydroxylation is 1. The molecule has 0 radical (unpaired) electrons. The van der Waals surface area contributed by atoms with Crippen LogP contribution in [0.5, 0.6) is 0 Å². The van der Waals surface area contributed by atoms with Gasteiger partial charge in [0, 0.05) is 31.2 Å². The molecule has 0 spiro atoms. The van der Waals surface area contributed by atoms with Crippen molar-refractivity contribution in [1.82, 2.24) is 0 Å². The topological polar surface area (TPSA) is 0 Å². The van der Waals surface area contributed by atoms with Crippen LogP contribution >= 0.6 is 46.4 Å². The smallest absolute Gasteiger partial charge is 0.207 e. The molecule has 0 aliphatic rings. The van der Waals surface area contributed by atoms with E-state index >= 15 is 17.6 Å². The lowest BCUT2D eigenvalue weighted by molar-refractivity contribution is -0.705. The Bertz CT molecular complexity index is 2390. The first kappa shape index (κ1) is 49.2. The van der Waals surface area contributed by atoms with Crippen LogP contribution in [0.4, 0.5) is 70.2 Å². The van der Waals surface area contributed by atoms with Gasteiger partial charge in [0.05, 0.1) is 0 Å². The maximum atomic E-state index is 15.8. The summed E-state index contributed by atoms with van der Waals surface area (Å²) in [5.41, 5.74) is -7.85. The van der Waals surface area contributed by atoms with Gasteiger partial charge >= 0.3 is 21.2 Å². The molecule has 0 heterocycles. The minimum Gasteiger partial charge on any atom is -0.207 e. The van der Waals surface area contributed by atoms with E-state index in [2.05, 4.69) is 75.4 Å². The Morgan fingerprint density at radius 1 is 0.371 bits per heavy atom. The third-order valence-electron chi connectivity index (χ3n) is 9.58. The summed E-state index contributed by atoms with van der Waals surface area (Å²) in [5, 5.41) is -9.69. The Morgan fingerprint density at radius 3 is 0.919 bits per heavy atom. The Morgan fingerprint density at radius 2 is 0.629 bits per heavy atom. The van der Waals surface area contributed by atoms with Crippen LogP contribution in [0.3, 0.4) is 0 Å². The van der Waals surface area contributed by atoms with Crippen molar-refractivity contribution in [3.05, 3.63) is 182 Å². The quantitative estimate of drug-likeness (QED) is 0.0374. The van der Waals surface area contributed by atoms with E-state index in [0.717, 1.165) is 0 Å². The highest BCUT2D eigenvalue weighted by molar-refractivity contribution is 7.22. The molecule has 0 saturated heterocycles. The van der Waals surface area contributed by atoms with Gasteiger partial charge in [-0.1, -0.05) is 94.9 Å². The first-order chi connectivity index (χ1) is 28.8. The molecule has 0 N–H and O–H groups in total. The van der Waals surface area contributed by atoms with E-state index in [1.807, 2.05) is 0 Å². The van der Waals surface area contributed by atoms with Crippen molar-refractivity contribution in [2.75, 3.05) is 0 Å². The van der Waals surface area contributed by atoms with E-state index in [0.29, 0.717) is 3.42 Å². The largest absolute Gasteiger partial charge is 0.324 e. The van der Waals surface area contributed by atoms with Crippen LogP contribution < -0.4 is 43.1 Å². The fraction of sp³-hybridized carbons (Fsp3) is 0.100. The molecular weight excluding hydrogens is 1060 g/mol. The lowest BCUT2D eigenvalue weighted by Crippen LogP contribution is -3.66. The van der Waals surface area contributed by atoms with Gasteiger partial charge in [-0.25, -0.2) is 70.2 Å². The van der Waals surface area contributed by atoms with E-state index in [4.69, 9.17) is 46.4 Å². The van der Waals surface area contributed by atoms with E-state index in [1.165, 1.54) is 11.1 Å². The van der Waals surface area contributed by atoms with Gasteiger partial charge in [0.25, 0.3) is 0 Å². The molecule has 0 saturated carbocycles. The summed E-state index contributed by atoms with van der Waals surface area (Å²) in [5.74, 6) is -48.3. The van der Waals surface area contributed by atoms with Crippen molar-refractivity contribution in [2.24, 2.45) is 0 Å². The first-order valence-corrected chi connectivity index (χ1v) is 20.5. The molecule has 6 rings (SSSR count). The number of halogens is 21. The number of alkyl halides is 1. The van der Waals surface area contributed by atoms with E-state index in [9.17, 15) is 52.7 Å². The maximum absolute atomic E-state index is 15.8. The summed E-state index contributed by atoms with van der Waals surface area (Å²) in [7, 11) is 0. The zero-order chi connectivity index (χ0) is 46.7. The average molecular weight is 1080 g/mol. The zero-order valence-corrected chi connectivity index (χ0v) is 35.9. The molecule has 0 nitrogen and oxygen atoms in total. The Kier molecular flexibility index (Phi) is 14.5. The van der Waals surface area contributed by atoms with Gasteiger partial charge in [-0.05, 0) is 26.8 Å². The Hall–Kier alpha value is -3.85. The van der Waals surface area contributed by atoms with Gasteiger partial charge in [0.2, 0.25) is 0 Å². The van der Waals surface area contributed by atoms with E-state index in [-0.39, 0.29) is 21.2 Å². The minimum absolute atomic E-state index is 0.0200. The number of hydrogen-bond donors (Lipinski definition) is 0. The molecule has 0 fully saturated rings. The van der Waals surface area contributed by atoms with Gasteiger partial charge < -0.3 is 0 Å². The molecule has 0 aromatic heterocycles. The number of hydrogen-bond acceptors (Lipinski definition) is 0. The standard InChI is InChI=1S/C24BCl4F16.C16H18I/c26-5-1(9(30)17(38)21(42)13(5)34)25(2-6(27)14(35)22(43)18(39)10(2)31,3-7(28)15(36)23(44)19(40)11(3)32)4-8(29)16(37)24(45)20(41)12(4)33;1-13-9-7-8-12-15(13)17-16(2,3)14-10-5-4-6-11-14/h;4-12H,1-3H3/q-1;+1. The summed E-state index contributed by atoms with van der Waals surface area (Å²) >= 11 is 22.3. The summed E-state index contributed by atoms with van der Waals surface area (Å²) in [6.45, 7) is 6.94. The lowest BCUT2D eigenvalue weighted by atomic mass is 9.12. The molecular formula is C40H18BCl4F16I. The molecule has 0 atom stereocenters. The van der Waals surface area contributed by atoms with E-state index < -0.39 is 141 Å². The lowest BCUT2D eigenvalue weighted by Gasteiger charge is -2.46. The average Bonchev–Trinajstić information content (AvgIpc) is 3.24. The highest BCUT2D eigenvalue weighted by Crippen LogP contribution is 2.36. The van der Waals surface area contributed by atoms with Crippen LogP contribution in [0.15, 0.2) is 54.6 Å². The van der Waals surface area contributed by atoms with Crippen molar-refractivity contribution in [2.45, 2.75) is 24.2 Å². The zero-order valence-electron chi connectivity index (χ0n) is 30.7. The van der Waals surface area contributed by atoms with Gasteiger partial charge in [-0.3, -0.25) is 0 Å². The monoisotopic (exact) mass is 1080 g/mol. The molecule has 0 bridgehead atoms. The molecule has 6 aromatic carbocycles. The molecule has 62 heavy (non-hydrogen) atoms. The highest BCUT2D eigenvalue weighted by atomic mass is 127. The predicted octanol–water partition coefficient (Wildman–Crippen LogP) is 9.09. The third kappa shape index (κ3) is 8.00. The fourth-order valence-corrected chi connectivity index (χ4v) is 11.1. The van der Waals surface area contributed by atoms with Crippen molar-refractivity contribution in [1.29, 1.82) is 0 Å². The number of rotatable bonds is 7. The van der Waals surface area contributed by atoms with Crippen LogP contribution in [-0.2, 0) is 3.42 Å². The van der Waals surface area contributed by atoms with Crippen molar-refractivity contribution in [3.8, 4) is 0 Å². The van der Waals surface area contributed by atoms with Crippen LogP contribution in [0.1, 0.15) is 25.0 Å². The fourth-order valence-electron chi connectivity index (χ4n) is 6.67. The minimum atomic E-state index is -6.24. The molecule has 6 aromatic rings. The summed E-state index contributed by atoms with van der Waals surface area (Å²) in [6, 6.07) is 19.6. The third-order valence-corrected chi connectivity index (χ3v) is 14.8. The molecule has 0 aliphatic carbocycles. The van der Waals surface area contributed by atoms with Crippen molar-refractivity contribution in [3.63, 3.8) is 0 Å². The Labute approximate surface area is 370 Å². The summed E-state index contributed by atoms with van der Waals surface area (Å²) in [4.78, 5) is 0. The maximum Gasteiger partial charge on any atom is 0.324 e. The first-order valence-electron chi connectivity index (χ1n) is 16.8. The van der Waals surface area contributed by atoms with Crippen LogP contribution in [0.25, 0.3) is 0 Å². The predicted molar refractivity (Wildman–Crippen MR) is 199 cm³/mol. The SMILES string of the molecule is Cc1ccccc1[I+]C(C)(C)c1ccccc1.Fc1c(F)c(F)c([B-](c2c(F)c(F)c(F)c(F)c2Cl)(c2c(F)c(F)c(F)c(F)c2Cl)c2c(F)c(F)c(F)c(F)c2Cl)c(Cl)c1F. The molecule has 328 valence electrons. The second kappa shape index (κ2) is 18.3. The normalized spacial score (nSPS) is 11.9. The van der Waals surface area contributed by atoms with Gasteiger partial charge in [-0.2, -0.15) is 0 Å².